The van der Waals surface area contributed by atoms with E-state index in [1.54, 1.807) is 0 Å². The zero-order valence-corrected chi connectivity index (χ0v) is 12.3. The van der Waals surface area contributed by atoms with Crippen LogP contribution in [0.5, 0.6) is 0 Å². The van der Waals surface area contributed by atoms with Crippen molar-refractivity contribution in [3.05, 3.63) is 0 Å². The largest absolute Gasteiger partial charge is 0.368 e. The third-order valence-electron chi connectivity index (χ3n) is 4.68. The van der Waals surface area contributed by atoms with Crippen molar-refractivity contribution < 1.29 is 4.79 Å². The van der Waals surface area contributed by atoms with Gasteiger partial charge < -0.3 is 20.9 Å². The van der Waals surface area contributed by atoms with Crippen LogP contribution in [0.3, 0.4) is 0 Å². The molecule has 2 fully saturated rings. The van der Waals surface area contributed by atoms with Gasteiger partial charge in [0.15, 0.2) is 0 Å². The van der Waals surface area contributed by atoms with Crippen LogP contribution >= 0.6 is 0 Å². The van der Waals surface area contributed by atoms with Crippen LogP contribution in [0.4, 0.5) is 0 Å². The summed E-state index contributed by atoms with van der Waals surface area (Å²) < 4.78 is 0. The first kappa shape index (κ1) is 14.8. The Kier molecular flexibility index (Phi) is 4.81. The van der Waals surface area contributed by atoms with E-state index >= 15 is 0 Å². The van der Waals surface area contributed by atoms with E-state index < -0.39 is 5.54 Å². The highest BCUT2D eigenvalue weighted by Crippen LogP contribution is 2.39. The third-order valence-corrected chi connectivity index (χ3v) is 4.68. The van der Waals surface area contributed by atoms with Gasteiger partial charge in [0.25, 0.3) is 0 Å². The van der Waals surface area contributed by atoms with Gasteiger partial charge in [0.05, 0.1) is 0 Å². The van der Waals surface area contributed by atoms with Gasteiger partial charge >= 0.3 is 0 Å². The fourth-order valence-corrected chi connectivity index (χ4v) is 3.21. The number of rotatable bonds is 8. The Morgan fingerprint density at radius 3 is 2.53 bits per heavy atom. The Labute approximate surface area is 116 Å². The van der Waals surface area contributed by atoms with Gasteiger partial charge in [-0.2, -0.15) is 0 Å². The summed E-state index contributed by atoms with van der Waals surface area (Å²) in [7, 11) is 3.95. The quantitative estimate of drug-likeness (QED) is 0.644. The third kappa shape index (κ3) is 3.46. The maximum Gasteiger partial charge on any atom is 0.239 e. The molecular formula is C14H28N4O. The van der Waals surface area contributed by atoms with Crippen molar-refractivity contribution in [3.8, 4) is 0 Å². The minimum Gasteiger partial charge on any atom is -0.368 e. The van der Waals surface area contributed by atoms with Gasteiger partial charge in [-0.1, -0.05) is 0 Å². The highest BCUT2D eigenvalue weighted by atomic mass is 16.1. The molecule has 2 rings (SSSR count). The smallest absolute Gasteiger partial charge is 0.239 e. The second-order valence-corrected chi connectivity index (χ2v) is 6.15. The summed E-state index contributed by atoms with van der Waals surface area (Å²) >= 11 is 0. The number of likely N-dealkylation sites (N-methyl/N-ethyl adjacent to an activating group) is 2. The maximum absolute atomic E-state index is 11.9. The van der Waals surface area contributed by atoms with Crippen molar-refractivity contribution in [2.45, 2.75) is 31.2 Å². The summed E-state index contributed by atoms with van der Waals surface area (Å²) in [5.74, 6) is 0.217. The maximum atomic E-state index is 11.9. The Hall–Kier alpha value is -0.650. The molecule has 110 valence electrons. The van der Waals surface area contributed by atoms with Gasteiger partial charge in [0, 0.05) is 19.6 Å². The van der Waals surface area contributed by atoms with Crippen molar-refractivity contribution in [2.24, 2.45) is 11.7 Å². The van der Waals surface area contributed by atoms with E-state index in [-0.39, 0.29) is 5.91 Å². The van der Waals surface area contributed by atoms with Crippen molar-refractivity contribution in [1.82, 2.24) is 15.1 Å². The number of hydrogen-bond acceptors (Lipinski definition) is 4. The minimum atomic E-state index is -0.528. The summed E-state index contributed by atoms with van der Waals surface area (Å²) in [5, 5.41) is 3.21. The topological polar surface area (TPSA) is 61.6 Å². The lowest BCUT2D eigenvalue weighted by Crippen LogP contribution is -2.62. The molecular weight excluding hydrogens is 240 g/mol. The van der Waals surface area contributed by atoms with E-state index in [0.717, 1.165) is 32.5 Å². The Morgan fingerprint density at radius 2 is 2.05 bits per heavy atom. The van der Waals surface area contributed by atoms with Gasteiger partial charge in [-0.25, -0.2) is 0 Å². The molecule has 0 spiro atoms. The number of amides is 1. The monoisotopic (exact) mass is 268 g/mol. The fraction of sp³-hybridized carbons (Fsp3) is 0.929. The molecule has 5 nitrogen and oxygen atoms in total. The van der Waals surface area contributed by atoms with Gasteiger partial charge in [0.1, 0.15) is 5.54 Å². The van der Waals surface area contributed by atoms with Crippen LogP contribution in [0.25, 0.3) is 0 Å². The molecule has 0 aromatic heterocycles. The lowest BCUT2D eigenvalue weighted by Gasteiger charge is -2.35. The summed E-state index contributed by atoms with van der Waals surface area (Å²) in [5.41, 5.74) is 5.12. The van der Waals surface area contributed by atoms with E-state index in [1.807, 2.05) is 7.05 Å². The Bertz CT molecular complexity index is 313. The summed E-state index contributed by atoms with van der Waals surface area (Å²) in [6.45, 7) is 5.27. The predicted molar refractivity (Wildman–Crippen MR) is 76.9 cm³/mol. The van der Waals surface area contributed by atoms with Crippen LogP contribution in [0.2, 0.25) is 0 Å². The first-order valence-corrected chi connectivity index (χ1v) is 7.48. The molecule has 0 bridgehead atoms. The van der Waals surface area contributed by atoms with Crippen LogP contribution in [0, 0.1) is 5.92 Å². The molecule has 1 saturated heterocycles. The van der Waals surface area contributed by atoms with Gasteiger partial charge in [-0.3, -0.25) is 4.79 Å². The van der Waals surface area contributed by atoms with Gasteiger partial charge in [-0.05, 0) is 58.8 Å². The fourth-order valence-electron chi connectivity index (χ4n) is 3.21. The van der Waals surface area contributed by atoms with Crippen molar-refractivity contribution in [2.75, 3.05) is 46.8 Å². The van der Waals surface area contributed by atoms with Crippen LogP contribution in [0.1, 0.15) is 25.7 Å². The van der Waals surface area contributed by atoms with Gasteiger partial charge in [-0.15, -0.1) is 0 Å². The first-order valence-electron chi connectivity index (χ1n) is 7.48. The molecule has 1 amide bonds. The summed E-state index contributed by atoms with van der Waals surface area (Å²) in [6.07, 6.45) is 4.88. The minimum absolute atomic E-state index is 0.203. The van der Waals surface area contributed by atoms with Crippen LogP contribution in [-0.4, -0.2) is 68.1 Å². The molecule has 1 aliphatic heterocycles. The Balaban J connectivity index is 1.84. The normalized spacial score (nSPS) is 23.7. The molecule has 1 saturated carbocycles. The first-order chi connectivity index (χ1) is 9.08. The van der Waals surface area contributed by atoms with Crippen molar-refractivity contribution in [3.63, 3.8) is 0 Å². The van der Waals surface area contributed by atoms with E-state index in [1.165, 1.54) is 25.9 Å². The Morgan fingerprint density at radius 1 is 1.42 bits per heavy atom. The number of carbonyl (C=O) groups excluding carboxylic acids is 1. The number of hydrogen-bond donors (Lipinski definition) is 2. The van der Waals surface area contributed by atoms with Gasteiger partial charge in [0.2, 0.25) is 5.91 Å². The average Bonchev–Trinajstić information content (AvgIpc) is 3.10. The average molecular weight is 268 g/mol. The van der Waals surface area contributed by atoms with E-state index in [0.29, 0.717) is 5.92 Å². The molecule has 1 aliphatic carbocycles. The lowest BCUT2D eigenvalue weighted by atomic mass is 9.91. The van der Waals surface area contributed by atoms with Crippen LogP contribution in [-0.2, 0) is 4.79 Å². The summed E-state index contributed by atoms with van der Waals surface area (Å²) in [4.78, 5) is 16.6. The number of carbonyl (C=O) groups is 1. The van der Waals surface area contributed by atoms with E-state index in [4.69, 9.17) is 5.73 Å². The molecule has 0 radical (unpaired) electrons. The lowest BCUT2D eigenvalue weighted by molar-refractivity contribution is -0.125. The van der Waals surface area contributed by atoms with Crippen molar-refractivity contribution >= 4 is 5.91 Å². The number of primary amides is 1. The number of likely N-dealkylation sites (tertiary alicyclic amines) is 1. The molecule has 3 N–H and O–H groups in total. The van der Waals surface area contributed by atoms with Crippen molar-refractivity contribution in [1.29, 1.82) is 0 Å². The highest BCUT2D eigenvalue weighted by molar-refractivity contribution is 5.85. The molecule has 0 aromatic carbocycles. The number of nitrogens with two attached hydrogens (primary N) is 1. The van der Waals surface area contributed by atoms with E-state index in [9.17, 15) is 4.79 Å². The molecule has 19 heavy (non-hydrogen) atoms. The second kappa shape index (κ2) is 6.20. The molecule has 1 atom stereocenters. The SMILES string of the molecule is CNC(CN(C)CCN1CCCC1)(C(N)=O)C1CC1. The standard InChI is InChI=1S/C14H28N4O/c1-16-14(13(15)19,12-5-6-12)11-17(2)9-10-18-7-3-4-8-18/h12,16H,3-11H2,1-2H3,(H2,15,19). The van der Waals surface area contributed by atoms with Crippen LogP contribution < -0.4 is 11.1 Å². The number of nitrogens with zero attached hydrogens (tertiary/aromatic N) is 2. The molecule has 2 aliphatic rings. The number of nitrogens with one attached hydrogen (secondary N) is 1. The highest BCUT2D eigenvalue weighted by Gasteiger charge is 2.49. The second-order valence-electron chi connectivity index (χ2n) is 6.15. The van der Waals surface area contributed by atoms with E-state index in [2.05, 4.69) is 22.2 Å². The summed E-state index contributed by atoms with van der Waals surface area (Å²) in [6, 6.07) is 0. The molecule has 1 unspecified atom stereocenters. The molecule has 1 heterocycles. The van der Waals surface area contributed by atoms with Crippen LogP contribution in [0.15, 0.2) is 0 Å². The molecule has 0 aromatic rings. The molecule has 5 heteroatoms. The zero-order chi connectivity index (χ0) is 13.9. The predicted octanol–water partition coefficient (Wildman–Crippen LogP) is -0.132. The zero-order valence-electron chi connectivity index (χ0n) is 12.3.